The summed E-state index contributed by atoms with van der Waals surface area (Å²) in [5.41, 5.74) is -1.42. The van der Waals surface area contributed by atoms with Gasteiger partial charge in [0.25, 0.3) is 0 Å². The third-order valence-electron chi connectivity index (χ3n) is 1.79. The standard InChI is InChI=1S/C10H7F2NO3/c1-6(14)2-3-7-8(11)4-5-9(10(7)12)13(15)16/h2-5H,1H3/b3-2+. The van der Waals surface area contributed by atoms with Gasteiger partial charge in [0.2, 0.25) is 5.82 Å². The van der Waals surface area contributed by atoms with Crippen LogP contribution in [0.25, 0.3) is 6.08 Å². The summed E-state index contributed by atoms with van der Waals surface area (Å²) in [6, 6.07) is 1.51. The van der Waals surface area contributed by atoms with Crippen molar-refractivity contribution in [2.24, 2.45) is 0 Å². The zero-order valence-corrected chi connectivity index (χ0v) is 8.24. The van der Waals surface area contributed by atoms with Crippen molar-refractivity contribution in [3.05, 3.63) is 45.5 Å². The molecule has 0 heterocycles. The van der Waals surface area contributed by atoms with E-state index in [1.165, 1.54) is 6.92 Å². The van der Waals surface area contributed by atoms with Gasteiger partial charge in [-0.2, -0.15) is 4.39 Å². The molecule has 0 saturated carbocycles. The highest BCUT2D eigenvalue weighted by atomic mass is 19.1. The maximum absolute atomic E-state index is 13.4. The molecule has 0 N–H and O–H groups in total. The monoisotopic (exact) mass is 227 g/mol. The zero-order chi connectivity index (χ0) is 12.3. The van der Waals surface area contributed by atoms with Crippen LogP contribution in [0, 0.1) is 21.7 Å². The first-order chi connectivity index (χ1) is 7.43. The molecule has 0 bridgehead atoms. The van der Waals surface area contributed by atoms with Gasteiger partial charge in [-0.25, -0.2) is 4.39 Å². The van der Waals surface area contributed by atoms with Gasteiger partial charge < -0.3 is 0 Å². The van der Waals surface area contributed by atoms with Crippen LogP contribution in [0.5, 0.6) is 0 Å². The lowest BCUT2D eigenvalue weighted by Crippen LogP contribution is -1.97. The highest BCUT2D eigenvalue weighted by Crippen LogP contribution is 2.23. The van der Waals surface area contributed by atoms with Crippen LogP contribution in [0.2, 0.25) is 0 Å². The van der Waals surface area contributed by atoms with E-state index in [9.17, 15) is 23.7 Å². The Morgan fingerprint density at radius 3 is 2.56 bits per heavy atom. The van der Waals surface area contributed by atoms with Crippen LogP contribution >= 0.6 is 0 Å². The first-order valence-corrected chi connectivity index (χ1v) is 4.24. The van der Waals surface area contributed by atoms with E-state index in [4.69, 9.17) is 0 Å². The molecule has 84 valence electrons. The molecule has 0 aromatic heterocycles. The molecule has 16 heavy (non-hydrogen) atoms. The first kappa shape index (κ1) is 12.0. The van der Waals surface area contributed by atoms with Gasteiger partial charge in [0.1, 0.15) is 5.82 Å². The lowest BCUT2D eigenvalue weighted by atomic mass is 10.1. The molecule has 0 spiro atoms. The molecule has 6 heteroatoms. The van der Waals surface area contributed by atoms with Gasteiger partial charge in [-0.15, -0.1) is 0 Å². The Hall–Kier alpha value is -2.11. The lowest BCUT2D eigenvalue weighted by molar-refractivity contribution is -0.387. The SMILES string of the molecule is CC(=O)/C=C/c1c(F)ccc([N+](=O)[O-])c1F. The first-order valence-electron chi connectivity index (χ1n) is 4.24. The van der Waals surface area contributed by atoms with Crippen molar-refractivity contribution in [3.63, 3.8) is 0 Å². The van der Waals surface area contributed by atoms with Crippen molar-refractivity contribution in [3.8, 4) is 0 Å². The fourth-order valence-electron chi connectivity index (χ4n) is 1.05. The Balaban J connectivity index is 3.32. The molecular formula is C10H7F2NO3. The van der Waals surface area contributed by atoms with Crippen LogP contribution in [0.1, 0.15) is 12.5 Å². The molecule has 0 radical (unpaired) electrons. The predicted octanol–water partition coefficient (Wildman–Crippen LogP) is 2.48. The summed E-state index contributed by atoms with van der Waals surface area (Å²) in [7, 11) is 0. The van der Waals surface area contributed by atoms with E-state index < -0.39 is 33.6 Å². The molecule has 0 aliphatic carbocycles. The Kier molecular flexibility index (Phi) is 3.44. The van der Waals surface area contributed by atoms with Crippen molar-refractivity contribution >= 4 is 17.5 Å². The van der Waals surface area contributed by atoms with E-state index in [1.807, 2.05) is 0 Å². The quantitative estimate of drug-likeness (QED) is 0.452. The number of halogens is 2. The van der Waals surface area contributed by atoms with E-state index in [0.717, 1.165) is 24.3 Å². The Bertz CT molecular complexity index is 483. The zero-order valence-electron chi connectivity index (χ0n) is 8.24. The molecule has 0 unspecified atom stereocenters. The van der Waals surface area contributed by atoms with Crippen molar-refractivity contribution < 1.29 is 18.5 Å². The van der Waals surface area contributed by atoms with E-state index in [1.54, 1.807) is 0 Å². The summed E-state index contributed by atoms with van der Waals surface area (Å²) in [6.45, 7) is 1.20. The molecule has 0 fully saturated rings. The van der Waals surface area contributed by atoms with Gasteiger partial charge in [0.05, 0.1) is 10.5 Å². The molecule has 1 aromatic rings. The number of rotatable bonds is 3. The fourth-order valence-corrected chi connectivity index (χ4v) is 1.05. The van der Waals surface area contributed by atoms with Crippen molar-refractivity contribution in [1.82, 2.24) is 0 Å². The summed E-state index contributed by atoms with van der Waals surface area (Å²) in [6.07, 6.45) is 1.81. The van der Waals surface area contributed by atoms with Crippen molar-refractivity contribution in [1.29, 1.82) is 0 Å². The number of allylic oxidation sites excluding steroid dienone is 1. The molecular weight excluding hydrogens is 220 g/mol. The van der Waals surface area contributed by atoms with Gasteiger partial charge >= 0.3 is 5.69 Å². The normalized spacial score (nSPS) is 10.7. The average molecular weight is 227 g/mol. The molecule has 0 saturated heterocycles. The molecule has 0 aliphatic rings. The Morgan fingerprint density at radius 1 is 1.44 bits per heavy atom. The number of hydrogen-bond acceptors (Lipinski definition) is 3. The number of carbonyl (C=O) groups excluding carboxylic acids is 1. The molecule has 0 aliphatic heterocycles. The summed E-state index contributed by atoms with van der Waals surface area (Å²) >= 11 is 0. The number of hydrogen-bond donors (Lipinski definition) is 0. The Labute approximate surface area is 89.3 Å². The van der Waals surface area contributed by atoms with Gasteiger partial charge in [0, 0.05) is 6.07 Å². The second-order valence-electron chi connectivity index (χ2n) is 3.00. The van der Waals surface area contributed by atoms with Crippen molar-refractivity contribution in [2.45, 2.75) is 6.92 Å². The topological polar surface area (TPSA) is 60.2 Å². The van der Waals surface area contributed by atoms with Crippen LogP contribution in [-0.4, -0.2) is 10.7 Å². The number of nitro benzene ring substituents is 1. The van der Waals surface area contributed by atoms with E-state index in [0.29, 0.717) is 0 Å². The van der Waals surface area contributed by atoms with Gasteiger partial charge in [-0.3, -0.25) is 14.9 Å². The summed E-state index contributed by atoms with van der Waals surface area (Å²) in [4.78, 5) is 20.0. The number of nitrogens with zero attached hydrogens (tertiary/aromatic N) is 1. The number of benzene rings is 1. The van der Waals surface area contributed by atoms with Crippen LogP contribution in [0.4, 0.5) is 14.5 Å². The van der Waals surface area contributed by atoms with Crippen LogP contribution < -0.4 is 0 Å². The van der Waals surface area contributed by atoms with E-state index in [2.05, 4.69) is 0 Å². The minimum atomic E-state index is -1.29. The largest absolute Gasteiger partial charge is 0.305 e. The van der Waals surface area contributed by atoms with Gasteiger partial charge in [-0.05, 0) is 25.1 Å². The van der Waals surface area contributed by atoms with Gasteiger partial charge in [0.15, 0.2) is 5.78 Å². The second-order valence-corrected chi connectivity index (χ2v) is 3.00. The highest BCUT2D eigenvalue weighted by molar-refractivity contribution is 5.91. The summed E-state index contributed by atoms with van der Waals surface area (Å²) in [5, 5.41) is 10.4. The maximum atomic E-state index is 13.4. The minimum Gasteiger partial charge on any atom is -0.295 e. The van der Waals surface area contributed by atoms with Crippen LogP contribution in [0.15, 0.2) is 18.2 Å². The van der Waals surface area contributed by atoms with E-state index >= 15 is 0 Å². The van der Waals surface area contributed by atoms with Crippen molar-refractivity contribution in [2.75, 3.05) is 0 Å². The number of carbonyl (C=O) groups is 1. The molecule has 4 nitrogen and oxygen atoms in total. The summed E-state index contributed by atoms with van der Waals surface area (Å²) < 4.78 is 26.5. The van der Waals surface area contributed by atoms with Gasteiger partial charge in [-0.1, -0.05) is 0 Å². The lowest BCUT2D eigenvalue weighted by Gasteiger charge is -1.99. The molecule has 1 aromatic carbocycles. The maximum Gasteiger partial charge on any atom is 0.305 e. The minimum absolute atomic E-state index is 0.412. The fraction of sp³-hybridized carbons (Fsp3) is 0.100. The number of ketones is 1. The molecule has 0 atom stereocenters. The van der Waals surface area contributed by atoms with E-state index in [-0.39, 0.29) is 0 Å². The second kappa shape index (κ2) is 4.61. The molecule has 1 rings (SSSR count). The third kappa shape index (κ3) is 2.47. The number of nitro groups is 1. The highest BCUT2D eigenvalue weighted by Gasteiger charge is 2.19. The smallest absolute Gasteiger partial charge is 0.295 e. The average Bonchev–Trinajstić information content (AvgIpc) is 2.16. The molecule has 0 amide bonds. The van der Waals surface area contributed by atoms with Crippen LogP contribution in [0.3, 0.4) is 0 Å². The third-order valence-corrected chi connectivity index (χ3v) is 1.79. The predicted molar refractivity (Wildman–Crippen MR) is 52.7 cm³/mol. The summed E-state index contributed by atoms with van der Waals surface area (Å²) in [5.74, 6) is -2.66. The Morgan fingerprint density at radius 2 is 2.06 bits per heavy atom. The van der Waals surface area contributed by atoms with Crippen LogP contribution in [-0.2, 0) is 4.79 Å².